The van der Waals surface area contributed by atoms with Crippen molar-refractivity contribution in [3.05, 3.63) is 285 Å². The average Bonchev–Trinajstić information content (AvgIpc) is 1.63. The predicted octanol–water partition coefficient (Wildman–Crippen LogP) is 19.9. The maximum absolute atomic E-state index is 5.07. The van der Waals surface area contributed by atoms with Crippen LogP contribution in [-0.4, -0.2) is 52.4 Å². The lowest BCUT2D eigenvalue weighted by Crippen LogP contribution is -2.00. The highest BCUT2D eigenvalue weighted by Gasteiger charge is 2.23. The highest BCUT2D eigenvalue weighted by molar-refractivity contribution is 6.26. The number of hydrogen-bond acceptors (Lipinski definition) is 6. The van der Waals surface area contributed by atoms with E-state index in [0.717, 1.165) is 112 Å². The van der Waals surface area contributed by atoms with Crippen molar-refractivity contribution in [2.24, 2.45) is 0 Å². The number of imidazole rings is 4. The Morgan fingerprint density at radius 3 is 1.10 bits per heavy atom. The summed E-state index contributed by atoms with van der Waals surface area (Å²) in [7, 11) is 0. The van der Waals surface area contributed by atoms with Gasteiger partial charge in [0.25, 0.3) is 0 Å². The molecule has 13 aromatic carbocycles. The highest BCUT2D eigenvalue weighted by Crippen LogP contribution is 2.41. The Kier molecular flexibility index (Phi) is 12.0. The summed E-state index contributed by atoms with van der Waals surface area (Å²) >= 11 is 0. The van der Waals surface area contributed by atoms with Crippen molar-refractivity contribution in [2.45, 2.75) is 14.9 Å². The molecule has 0 aliphatic heterocycles. The Bertz CT molecular complexity index is 6290. The van der Waals surface area contributed by atoms with Gasteiger partial charge in [0.15, 0.2) is 11.6 Å². The van der Waals surface area contributed by atoms with E-state index in [-0.39, 0.29) is 14.9 Å². The second-order valence-electron chi connectivity index (χ2n) is 22.8. The zero-order valence-corrected chi connectivity index (χ0v) is 47.6. The second-order valence-corrected chi connectivity index (χ2v) is 22.8. The molecule has 0 N–H and O–H groups in total. The minimum Gasteiger partial charge on any atom is -0.309 e. The van der Waals surface area contributed by atoms with E-state index in [0.29, 0.717) is 0 Å². The summed E-state index contributed by atoms with van der Waals surface area (Å²) in [4.78, 5) is 29.6. The normalized spacial score (nSPS) is 11.8. The van der Waals surface area contributed by atoms with Crippen LogP contribution >= 0.6 is 0 Å². The van der Waals surface area contributed by atoms with Crippen molar-refractivity contribution >= 4 is 132 Å². The summed E-state index contributed by atoms with van der Waals surface area (Å²) in [6, 6.07) is 96.2. The van der Waals surface area contributed by atoms with E-state index in [1.54, 1.807) is 0 Å². The predicted molar refractivity (Wildman–Crippen MR) is 376 cm³/mol. The van der Waals surface area contributed by atoms with Crippen LogP contribution in [0, 0.1) is 0 Å². The Morgan fingerprint density at radius 1 is 0.220 bits per heavy atom. The van der Waals surface area contributed by atoms with Crippen molar-refractivity contribution in [3.8, 4) is 39.6 Å². The second kappa shape index (κ2) is 20.7. The van der Waals surface area contributed by atoms with Crippen LogP contribution in [0.3, 0.4) is 0 Å². The molecule has 0 saturated carbocycles. The van der Waals surface area contributed by atoms with Crippen molar-refractivity contribution in [3.63, 3.8) is 0 Å². The molecule has 0 aliphatic carbocycles. The first kappa shape index (κ1) is 52.9. The van der Waals surface area contributed by atoms with Crippen LogP contribution in [0.5, 0.6) is 0 Å². The van der Waals surface area contributed by atoms with Crippen LogP contribution in [0.1, 0.15) is 14.9 Å². The molecule has 7 aromatic heterocycles. The molecule has 0 unspecified atom stereocenters. The molecule has 0 spiro atoms. The molecule has 430 valence electrons. The minimum absolute atomic E-state index is 0. The average molecular weight is 1170 g/mol. The maximum atomic E-state index is 5.07. The van der Waals surface area contributed by atoms with Crippen LogP contribution in [0.25, 0.3) is 171 Å². The number of nitrogens with zero attached hydrogens (tertiary/aromatic N) is 11. The van der Waals surface area contributed by atoms with Crippen molar-refractivity contribution in [1.82, 2.24) is 52.4 Å². The molecule has 0 amide bonds. The third-order valence-corrected chi connectivity index (χ3v) is 17.8. The summed E-state index contributed by atoms with van der Waals surface area (Å²) in [6.45, 7) is 0. The molecule has 0 fully saturated rings. The Balaban J connectivity index is 0.000000137. The third kappa shape index (κ3) is 8.07. The van der Waals surface area contributed by atoms with Gasteiger partial charge in [0.1, 0.15) is 0 Å². The fourth-order valence-electron chi connectivity index (χ4n) is 13.8. The number of fused-ring (bicyclic) bond motifs is 21. The van der Waals surface area contributed by atoms with Crippen LogP contribution in [0.2, 0.25) is 0 Å². The third-order valence-electron chi connectivity index (χ3n) is 17.8. The monoisotopic (exact) mass is 1170 g/mol. The smallest absolute Gasteiger partial charge is 0.221 e. The SMILES string of the molecule is C.C.c1ccc(-n2c3ccccc3c3cc(-c4ccc5c(c4)n4c6ccccc6nc4n5-c4cnc5ccccc5n4)ccc32)cc1.c1ccc2nc(-n3c4ccc(-c5ccc6c7ccccc7c7ccccc7c6c5)cc4n4c5ccccc5nc34)cnc2c1. The number of benzene rings is 13. The van der Waals surface area contributed by atoms with E-state index < -0.39 is 0 Å². The summed E-state index contributed by atoms with van der Waals surface area (Å²) in [5.41, 5.74) is 19.8. The number of hydrogen-bond donors (Lipinski definition) is 0. The fraction of sp³-hybridized carbons (Fsp3) is 0.0250. The van der Waals surface area contributed by atoms with Gasteiger partial charge in [-0.05, 0) is 164 Å². The first-order valence-corrected chi connectivity index (χ1v) is 29.8. The zero-order valence-electron chi connectivity index (χ0n) is 47.6. The van der Waals surface area contributed by atoms with Gasteiger partial charge in [-0.3, -0.25) is 27.9 Å². The molecule has 20 rings (SSSR count). The quantitative estimate of drug-likeness (QED) is 0.159. The van der Waals surface area contributed by atoms with Crippen molar-refractivity contribution in [2.75, 3.05) is 0 Å². The topological polar surface area (TPSA) is 101 Å². The van der Waals surface area contributed by atoms with E-state index in [4.69, 9.17) is 29.9 Å². The molecule has 11 heteroatoms. The first-order chi connectivity index (χ1) is 44.1. The lowest BCUT2D eigenvalue weighted by Gasteiger charge is -2.12. The summed E-state index contributed by atoms with van der Waals surface area (Å²) in [6.07, 6.45) is 3.68. The number of para-hydroxylation sites is 10. The maximum Gasteiger partial charge on any atom is 0.221 e. The molecular weight excluding hydrogens is 1110 g/mol. The molecular formula is C80H55N11. The van der Waals surface area contributed by atoms with Crippen LogP contribution in [0.4, 0.5) is 0 Å². The number of aromatic nitrogens is 11. The lowest BCUT2D eigenvalue weighted by atomic mass is 9.92. The Hall–Kier alpha value is -12.3. The molecule has 91 heavy (non-hydrogen) atoms. The highest BCUT2D eigenvalue weighted by atomic mass is 15.3. The standard InChI is InChI=1S/C39H24N6.C39H23N5.2CH4/c1-2-10-27(11-3-1)43-33-16-8-4-12-28(33)29-22-25(18-20-34(29)43)26-19-21-36-37(23-26)44-35-17-9-7-15-32(35)42-39(44)45(36)38-24-40-30-13-5-6-14-31(30)41-38;1-2-11-28-26(9-1)27-10-3-4-12-29(27)31-21-24(17-19-30(28)31)25-18-20-36-37(22-25)43-35-16-8-7-15-34(35)42-39(43)44(36)38-23-40-32-13-5-6-14-33(32)41-38;;/h1-24H;1-23H;2*1H4. The van der Waals surface area contributed by atoms with Gasteiger partial charge in [-0.15, -0.1) is 0 Å². The molecule has 11 nitrogen and oxygen atoms in total. The van der Waals surface area contributed by atoms with Crippen LogP contribution < -0.4 is 0 Å². The summed E-state index contributed by atoms with van der Waals surface area (Å²) < 4.78 is 11.1. The largest absolute Gasteiger partial charge is 0.309 e. The van der Waals surface area contributed by atoms with E-state index in [2.05, 4.69) is 235 Å². The molecule has 0 saturated heterocycles. The van der Waals surface area contributed by atoms with E-state index in [1.807, 2.05) is 73.1 Å². The molecule has 0 aliphatic rings. The summed E-state index contributed by atoms with van der Waals surface area (Å²) in [5.74, 6) is 3.12. The van der Waals surface area contributed by atoms with Gasteiger partial charge in [-0.1, -0.05) is 179 Å². The van der Waals surface area contributed by atoms with Crippen LogP contribution in [-0.2, 0) is 0 Å². The zero-order chi connectivity index (χ0) is 58.3. The van der Waals surface area contributed by atoms with Gasteiger partial charge in [-0.2, -0.15) is 0 Å². The summed E-state index contributed by atoms with van der Waals surface area (Å²) in [5, 5.41) is 10.1. The molecule has 0 atom stereocenters. The lowest BCUT2D eigenvalue weighted by molar-refractivity contribution is 1.04. The van der Waals surface area contributed by atoms with Gasteiger partial charge >= 0.3 is 0 Å². The van der Waals surface area contributed by atoms with Gasteiger partial charge in [0.2, 0.25) is 11.6 Å². The molecule has 20 aromatic rings. The number of rotatable bonds is 5. The van der Waals surface area contributed by atoms with Gasteiger partial charge < -0.3 is 4.57 Å². The van der Waals surface area contributed by atoms with Gasteiger partial charge in [0.05, 0.1) is 89.6 Å². The first-order valence-electron chi connectivity index (χ1n) is 29.8. The fourth-order valence-corrected chi connectivity index (χ4v) is 13.8. The van der Waals surface area contributed by atoms with Gasteiger partial charge in [-0.25, -0.2) is 19.9 Å². The molecule has 7 heterocycles. The van der Waals surface area contributed by atoms with E-state index in [9.17, 15) is 0 Å². The molecule has 0 radical (unpaired) electrons. The molecule has 0 bridgehead atoms. The van der Waals surface area contributed by atoms with E-state index >= 15 is 0 Å². The minimum atomic E-state index is 0. The van der Waals surface area contributed by atoms with Gasteiger partial charge in [0, 0.05) is 16.5 Å². The Labute approximate surface area is 521 Å². The van der Waals surface area contributed by atoms with Crippen LogP contribution in [0.15, 0.2) is 285 Å². The van der Waals surface area contributed by atoms with E-state index in [1.165, 1.54) is 59.7 Å². The Morgan fingerprint density at radius 2 is 0.582 bits per heavy atom. The van der Waals surface area contributed by atoms with Crippen molar-refractivity contribution in [1.29, 1.82) is 0 Å². The van der Waals surface area contributed by atoms with Crippen molar-refractivity contribution < 1.29 is 0 Å².